The van der Waals surface area contributed by atoms with Gasteiger partial charge in [-0.1, -0.05) is 6.07 Å². The van der Waals surface area contributed by atoms with Crippen LogP contribution in [0.4, 0.5) is 29.2 Å². The second kappa shape index (κ2) is 8.14. The van der Waals surface area contributed by atoms with Crippen LogP contribution in [0.5, 0.6) is 0 Å². The molecule has 3 heterocycles. The molecule has 0 unspecified atom stereocenters. The van der Waals surface area contributed by atoms with E-state index in [1.54, 1.807) is 30.1 Å². The number of hydrogen-bond acceptors (Lipinski definition) is 6. The average Bonchev–Trinajstić information content (AvgIpc) is 3.19. The Morgan fingerprint density at radius 3 is 2.60 bits per heavy atom. The minimum Gasteiger partial charge on any atom is -0.324 e. The molecule has 1 aliphatic rings. The zero-order valence-corrected chi connectivity index (χ0v) is 17.6. The second-order valence-corrected chi connectivity index (χ2v) is 9.34. The van der Waals surface area contributed by atoms with Crippen LogP contribution in [-0.4, -0.2) is 26.5 Å². The van der Waals surface area contributed by atoms with Gasteiger partial charge in [0.1, 0.15) is 10.7 Å². The lowest BCUT2D eigenvalue weighted by atomic mass is 10.0. The van der Waals surface area contributed by atoms with Crippen molar-refractivity contribution in [2.24, 2.45) is 0 Å². The van der Waals surface area contributed by atoms with Crippen LogP contribution in [0.25, 0.3) is 10.4 Å². The quantitative estimate of drug-likeness (QED) is 0.465. The first-order valence-electron chi connectivity index (χ1n) is 9.25. The summed E-state index contributed by atoms with van der Waals surface area (Å²) in [4.78, 5) is 12.5. The van der Waals surface area contributed by atoms with Gasteiger partial charge in [-0.2, -0.15) is 24.9 Å². The minimum atomic E-state index is -4.55. The number of aromatic nitrogens is 3. The lowest BCUT2D eigenvalue weighted by Crippen LogP contribution is -2.25. The number of alkyl halides is 4. The van der Waals surface area contributed by atoms with E-state index in [0.29, 0.717) is 23.5 Å². The Bertz CT molecular complexity index is 1050. The number of thioether (sulfide) groups is 1. The fourth-order valence-corrected chi connectivity index (χ4v) is 5.41. The van der Waals surface area contributed by atoms with Crippen LogP contribution in [0, 0.1) is 6.92 Å². The summed E-state index contributed by atoms with van der Waals surface area (Å²) < 4.78 is 53.9. The maximum atomic E-state index is 15.2. The molecule has 158 valence electrons. The average molecular weight is 455 g/mol. The molecular weight excluding hydrogens is 436 g/mol. The molecule has 0 radical (unpaired) electrons. The van der Waals surface area contributed by atoms with Crippen LogP contribution in [0.2, 0.25) is 0 Å². The van der Waals surface area contributed by atoms with Gasteiger partial charge in [0, 0.05) is 18.1 Å². The van der Waals surface area contributed by atoms with E-state index in [-0.39, 0.29) is 5.95 Å². The Labute approximate surface area is 179 Å². The van der Waals surface area contributed by atoms with Crippen molar-refractivity contribution in [2.45, 2.75) is 31.6 Å². The number of benzene rings is 1. The van der Waals surface area contributed by atoms with Crippen molar-refractivity contribution < 1.29 is 17.6 Å². The fourth-order valence-electron chi connectivity index (χ4n) is 3.23. The summed E-state index contributed by atoms with van der Waals surface area (Å²) in [6, 6.07) is 6.30. The summed E-state index contributed by atoms with van der Waals surface area (Å²) in [7, 11) is 0. The van der Waals surface area contributed by atoms with E-state index in [2.05, 4.69) is 20.3 Å². The van der Waals surface area contributed by atoms with Crippen LogP contribution < -0.4 is 5.32 Å². The summed E-state index contributed by atoms with van der Waals surface area (Å²) in [6.45, 7) is 1.87. The number of halogens is 4. The molecule has 0 aliphatic carbocycles. The van der Waals surface area contributed by atoms with Gasteiger partial charge in [-0.05, 0) is 60.6 Å². The number of nitrogens with zero attached hydrogens (tertiary/aromatic N) is 3. The van der Waals surface area contributed by atoms with Crippen LogP contribution in [0.15, 0.2) is 36.7 Å². The largest absolute Gasteiger partial charge is 0.433 e. The van der Waals surface area contributed by atoms with E-state index in [4.69, 9.17) is 0 Å². The molecule has 4 rings (SSSR count). The number of thiazole rings is 1. The van der Waals surface area contributed by atoms with Gasteiger partial charge in [-0.25, -0.2) is 19.3 Å². The molecule has 0 spiro atoms. The van der Waals surface area contributed by atoms with Crippen molar-refractivity contribution in [1.29, 1.82) is 0 Å². The third-order valence-corrected chi connectivity index (χ3v) is 6.95. The molecule has 0 bridgehead atoms. The van der Waals surface area contributed by atoms with E-state index >= 15 is 4.39 Å². The van der Waals surface area contributed by atoms with E-state index in [0.717, 1.165) is 39.8 Å². The highest BCUT2D eigenvalue weighted by atomic mass is 32.2. The summed E-state index contributed by atoms with van der Waals surface area (Å²) in [6.07, 6.45) is -0.914. The molecule has 1 saturated heterocycles. The third-order valence-electron chi connectivity index (χ3n) is 4.74. The van der Waals surface area contributed by atoms with Gasteiger partial charge < -0.3 is 5.32 Å². The van der Waals surface area contributed by atoms with Gasteiger partial charge in [-0.3, -0.25) is 0 Å². The van der Waals surface area contributed by atoms with Crippen LogP contribution in [0.1, 0.15) is 29.1 Å². The molecular formula is C20H18F4N4S2. The summed E-state index contributed by atoms with van der Waals surface area (Å²) in [5.74, 6) is 1.41. The lowest BCUT2D eigenvalue weighted by molar-refractivity contribution is -0.141. The zero-order valence-electron chi connectivity index (χ0n) is 16.0. The van der Waals surface area contributed by atoms with Crippen molar-refractivity contribution in [3.05, 3.63) is 52.9 Å². The van der Waals surface area contributed by atoms with Gasteiger partial charge in [0.05, 0.1) is 4.88 Å². The Morgan fingerprint density at radius 1 is 1.10 bits per heavy atom. The zero-order chi connectivity index (χ0) is 21.4. The van der Waals surface area contributed by atoms with Crippen molar-refractivity contribution in [3.63, 3.8) is 0 Å². The van der Waals surface area contributed by atoms with E-state index < -0.39 is 17.5 Å². The van der Waals surface area contributed by atoms with Crippen molar-refractivity contribution in [1.82, 2.24) is 15.0 Å². The number of anilines is 2. The first-order valence-corrected chi connectivity index (χ1v) is 11.2. The molecule has 2 aromatic heterocycles. The van der Waals surface area contributed by atoms with Crippen LogP contribution in [0.3, 0.4) is 0 Å². The highest BCUT2D eigenvalue weighted by Gasteiger charge is 2.37. The predicted molar refractivity (Wildman–Crippen MR) is 112 cm³/mol. The minimum absolute atomic E-state index is 0.145. The maximum Gasteiger partial charge on any atom is 0.433 e. The Balaban J connectivity index is 1.60. The smallest absolute Gasteiger partial charge is 0.324 e. The molecule has 3 aromatic rings. The number of hydrogen-bond donors (Lipinski definition) is 1. The van der Waals surface area contributed by atoms with Crippen molar-refractivity contribution >= 4 is 34.7 Å². The van der Waals surface area contributed by atoms with Crippen molar-refractivity contribution in [2.75, 3.05) is 16.8 Å². The summed E-state index contributed by atoms with van der Waals surface area (Å²) >= 11 is 3.07. The molecule has 0 atom stereocenters. The number of rotatable bonds is 4. The predicted octanol–water partition coefficient (Wildman–Crippen LogP) is 6.36. The molecule has 10 heteroatoms. The Hall–Kier alpha value is -2.20. The summed E-state index contributed by atoms with van der Waals surface area (Å²) in [5.41, 5.74) is -0.157. The normalized spacial score (nSPS) is 16.4. The Kier molecular flexibility index (Phi) is 5.71. The first kappa shape index (κ1) is 21.0. The lowest BCUT2D eigenvalue weighted by Gasteiger charge is -2.26. The third kappa shape index (κ3) is 4.59. The Morgan fingerprint density at radius 2 is 1.87 bits per heavy atom. The van der Waals surface area contributed by atoms with Gasteiger partial charge >= 0.3 is 6.18 Å². The van der Waals surface area contributed by atoms with Gasteiger partial charge in [0.2, 0.25) is 5.95 Å². The SMILES string of the molecule is Cc1cc(Nc2nccc(C(F)(F)F)n2)cc(-c2cnc(C3(F)CCSCC3)s2)c1. The molecule has 1 fully saturated rings. The fraction of sp³-hybridized carbons (Fsp3) is 0.350. The molecule has 0 saturated carbocycles. The number of nitrogens with one attached hydrogen (secondary N) is 1. The number of aryl methyl sites for hydroxylation is 1. The van der Waals surface area contributed by atoms with E-state index in [1.807, 2.05) is 13.0 Å². The van der Waals surface area contributed by atoms with E-state index in [1.165, 1.54) is 11.3 Å². The summed E-state index contributed by atoms with van der Waals surface area (Å²) in [5, 5.41) is 3.31. The van der Waals surface area contributed by atoms with Crippen molar-refractivity contribution in [3.8, 4) is 10.4 Å². The van der Waals surface area contributed by atoms with Crippen LogP contribution >= 0.6 is 23.1 Å². The maximum absolute atomic E-state index is 15.2. The highest BCUT2D eigenvalue weighted by molar-refractivity contribution is 7.99. The van der Waals surface area contributed by atoms with Gasteiger partial charge in [0.25, 0.3) is 0 Å². The van der Waals surface area contributed by atoms with Gasteiger partial charge in [-0.15, -0.1) is 11.3 Å². The monoisotopic (exact) mass is 454 g/mol. The highest BCUT2D eigenvalue weighted by Crippen LogP contribution is 2.43. The molecule has 4 nitrogen and oxygen atoms in total. The molecule has 1 aliphatic heterocycles. The molecule has 30 heavy (non-hydrogen) atoms. The first-order chi connectivity index (χ1) is 14.2. The van der Waals surface area contributed by atoms with Crippen LogP contribution in [-0.2, 0) is 11.8 Å². The molecule has 1 aromatic carbocycles. The van der Waals surface area contributed by atoms with Gasteiger partial charge in [0.15, 0.2) is 5.67 Å². The second-order valence-electron chi connectivity index (χ2n) is 7.08. The van der Waals surface area contributed by atoms with E-state index in [9.17, 15) is 13.2 Å². The topological polar surface area (TPSA) is 50.7 Å². The standard InChI is InChI=1S/C20H18F4N4S2/c1-12-8-13(15-11-26-17(30-15)19(21)3-6-29-7-4-19)10-14(9-12)27-18-25-5-2-16(28-18)20(22,23)24/h2,5,8-11H,3-4,6-7H2,1H3,(H,25,27,28). The molecule has 0 amide bonds. The molecule has 1 N–H and O–H groups in total.